The molecule has 1 aliphatic heterocycles. The third-order valence-corrected chi connectivity index (χ3v) is 4.72. The van der Waals surface area contributed by atoms with E-state index in [-0.39, 0.29) is 11.9 Å². The Balaban J connectivity index is 2.09. The largest absolute Gasteiger partial charge is 0.366 e. The minimum Gasteiger partial charge on any atom is -0.366 e. The van der Waals surface area contributed by atoms with Crippen LogP contribution in [-0.2, 0) is 11.3 Å². The number of primary amides is 1. The molecule has 1 atom stereocenters. The van der Waals surface area contributed by atoms with Crippen LogP contribution < -0.4 is 16.4 Å². The molecule has 0 spiro atoms. The summed E-state index contributed by atoms with van der Waals surface area (Å²) >= 11 is 1.86. The fourth-order valence-corrected chi connectivity index (χ4v) is 3.45. The van der Waals surface area contributed by atoms with Crippen molar-refractivity contribution in [1.82, 2.24) is 10.2 Å². The highest BCUT2D eigenvalue weighted by molar-refractivity contribution is 7.99. The molecule has 1 aliphatic rings. The van der Waals surface area contributed by atoms with Gasteiger partial charge in [-0.25, -0.2) is 0 Å². The normalized spacial score (nSPS) is 18.0. The molecule has 0 aliphatic carbocycles. The van der Waals surface area contributed by atoms with Gasteiger partial charge in [0.2, 0.25) is 11.8 Å². The van der Waals surface area contributed by atoms with Crippen molar-refractivity contribution in [3.05, 3.63) is 29.3 Å². The molecule has 2 amide bonds. The second kappa shape index (κ2) is 8.33. The lowest BCUT2D eigenvalue weighted by molar-refractivity contribution is -0.116. The first-order valence-electron chi connectivity index (χ1n) is 7.64. The predicted molar refractivity (Wildman–Crippen MR) is 94.7 cm³/mol. The highest BCUT2D eigenvalue weighted by atomic mass is 32.2. The fourth-order valence-electron chi connectivity index (χ4n) is 2.50. The lowest BCUT2D eigenvalue weighted by atomic mass is 10.1. The molecule has 0 bridgehead atoms. The van der Waals surface area contributed by atoms with Gasteiger partial charge in [0.15, 0.2) is 0 Å². The van der Waals surface area contributed by atoms with E-state index < -0.39 is 5.91 Å². The van der Waals surface area contributed by atoms with Crippen molar-refractivity contribution < 1.29 is 9.59 Å². The van der Waals surface area contributed by atoms with Crippen LogP contribution in [0.3, 0.4) is 0 Å². The Morgan fingerprint density at radius 1 is 1.43 bits per heavy atom. The summed E-state index contributed by atoms with van der Waals surface area (Å²) in [5.41, 5.74) is 7.35. The number of hydrogen-bond donors (Lipinski definition) is 3. The third-order valence-electron chi connectivity index (χ3n) is 3.59. The summed E-state index contributed by atoms with van der Waals surface area (Å²) in [6.07, 6.45) is 0.426. The maximum Gasteiger partial charge on any atom is 0.248 e. The van der Waals surface area contributed by atoms with Crippen LogP contribution in [0.4, 0.5) is 5.69 Å². The van der Waals surface area contributed by atoms with Crippen molar-refractivity contribution in [2.45, 2.75) is 19.0 Å². The monoisotopic (exact) mass is 336 g/mol. The van der Waals surface area contributed by atoms with E-state index in [9.17, 15) is 9.59 Å². The summed E-state index contributed by atoms with van der Waals surface area (Å²) in [6, 6.07) is 5.38. The highest BCUT2D eigenvalue weighted by Crippen LogP contribution is 2.20. The molecule has 23 heavy (non-hydrogen) atoms. The molecular weight excluding hydrogens is 312 g/mol. The molecule has 1 aromatic carbocycles. The molecule has 4 N–H and O–H groups in total. The molecule has 2 rings (SSSR count). The minimum atomic E-state index is -0.498. The first kappa shape index (κ1) is 17.8. The van der Waals surface area contributed by atoms with E-state index in [0.29, 0.717) is 24.2 Å². The fraction of sp³-hybridized carbons (Fsp3) is 0.500. The number of thioether (sulfide) groups is 1. The molecule has 1 saturated heterocycles. The molecular formula is C16H24N4O2S. The van der Waals surface area contributed by atoms with Crippen LogP contribution in [0.2, 0.25) is 0 Å². The molecule has 0 saturated carbocycles. The smallest absolute Gasteiger partial charge is 0.248 e. The average molecular weight is 336 g/mol. The number of nitrogens with zero attached hydrogens (tertiary/aromatic N) is 1. The zero-order valence-electron chi connectivity index (χ0n) is 13.6. The quantitative estimate of drug-likeness (QED) is 0.718. The standard InChI is InChI=1S/C16H24N4O2S/c1-20(2)9-12-4-3-11(16(17)22)7-14(12)19-15(21)8-13-10-23-6-5-18-13/h3-4,7,13,18H,5-6,8-10H2,1-2H3,(H2,17,22)(H,19,21). The lowest BCUT2D eigenvalue weighted by Gasteiger charge is -2.23. The van der Waals surface area contributed by atoms with Gasteiger partial charge >= 0.3 is 0 Å². The van der Waals surface area contributed by atoms with Gasteiger partial charge in [0, 0.05) is 48.3 Å². The summed E-state index contributed by atoms with van der Waals surface area (Å²) in [6.45, 7) is 1.61. The molecule has 126 valence electrons. The first-order valence-corrected chi connectivity index (χ1v) is 8.79. The Morgan fingerprint density at radius 3 is 2.83 bits per heavy atom. The lowest BCUT2D eigenvalue weighted by Crippen LogP contribution is -2.40. The van der Waals surface area contributed by atoms with Crippen molar-refractivity contribution in [3.8, 4) is 0 Å². The Labute approximate surface area is 141 Å². The summed E-state index contributed by atoms with van der Waals surface area (Å²) < 4.78 is 0. The minimum absolute atomic E-state index is 0.0494. The maximum atomic E-state index is 12.3. The number of anilines is 1. The Hall–Kier alpha value is -1.57. The summed E-state index contributed by atoms with van der Waals surface area (Å²) in [5.74, 6) is 1.49. The van der Waals surface area contributed by atoms with Gasteiger partial charge in [-0.3, -0.25) is 9.59 Å². The van der Waals surface area contributed by atoms with Crippen LogP contribution in [0.15, 0.2) is 18.2 Å². The number of nitrogens with one attached hydrogen (secondary N) is 2. The summed E-state index contributed by atoms with van der Waals surface area (Å²) in [4.78, 5) is 25.7. The van der Waals surface area contributed by atoms with Crippen LogP contribution in [0.25, 0.3) is 0 Å². The van der Waals surface area contributed by atoms with E-state index in [1.165, 1.54) is 0 Å². The van der Waals surface area contributed by atoms with Gasteiger partial charge in [-0.2, -0.15) is 11.8 Å². The predicted octanol–water partition coefficient (Wildman–Crippen LogP) is 0.881. The maximum absolute atomic E-state index is 12.3. The number of carbonyl (C=O) groups excluding carboxylic acids is 2. The first-order chi connectivity index (χ1) is 11.0. The zero-order chi connectivity index (χ0) is 16.8. The van der Waals surface area contributed by atoms with Gasteiger partial charge in [-0.1, -0.05) is 6.07 Å². The van der Waals surface area contributed by atoms with Crippen LogP contribution in [0.5, 0.6) is 0 Å². The highest BCUT2D eigenvalue weighted by Gasteiger charge is 2.18. The number of carbonyl (C=O) groups is 2. The van der Waals surface area contributed by atoms with Crippen LogP contribution in [-0.4, -0.2) is 54.9 Å². The number of nitrogens with two attached hydrogens (primary N) is 1. The number of hydrogen-bond acceptors (Lipinski definition) is 5. The number of benzene rings is 1. The zero-order valence-corrected chi connectivity index (χ0v) is 14.4. The van der Waals surface area contributed by atoms with Crippen molar-refractivity contribution >= 4 is 29.3 Å². The molecule has 6 nitrogen and oxygen atoms in total. The van der Waals surface area contributed by atoms with E-state index in [2.05, 4.69) is 10.6 Å². The van der Waals surface area contributed by atoms with E-state index in [0.717, 1.165) is 23.6 Å². The summed E-state index contributed by atoms with van der Waals surface area (Å²) in [7, 11) is 3.91. The average Bonchev–Trinajstić information content (AvgIpc) is 2.49. The van der Waals surface area contributed by atoms with Crippen LogP contribution in [0.1, 0.15) is 22.3 Å². The number of amides is 2. The molecule has 1 aromatic rings. The van der Waals surface area contributed by atoms with Gasteiger partial charge in [0.1, 0.15) is 0 Å². The Morgan fingerprint density at radius 2 is 2.22 bits per heavy atom. The van der Waals surface area contributed by atoms with E-state index in [1.807, 2.05) is 36.8 Å². The topological polar surface area (TPSA) is 87.5 Å². The van der Waals surface area contributed by atoms with E-state index in [4.69, 9.17) is 5.73 Å². The Bertz CT molecular complexity index is 571. The van der Waals surface area contributed by atoms with Gasteiger partial charge in [-0.05, 0) is 31.8 Å². The molecule has 1 fully saturated rings. The SMILES string of the molecule is CN(C)Cc1ccc(C(N)=O)cc1NC(=O)CC1CSCCN1. The van der Waals surface area contributed by atoms with Gasteiger partial charge in [0.25, 0.3) is 0 Å². The van der Waals surface area contributed by atoms with Gasteiger partial charge in [-0.15, -0.1) is 0 Å². The molecule has 1 unspecified atom stereocenters. The van der Waals surface area contributed by atoms with Crippen LogP contribution in [0, 0.1) is 0 Å². The third kappa shape index (κ3) is 5.53. The van der Waals surface area contributed by atoms with E-state index in [1.54, 1.807) is 12.1 Å². The van der Waals surface area contributed by atoms with Crippen molar-refractivity contribution in [1.29, 1.82) is 0 Å². The number of rotatable bonds is 6. The Kier molecular flexibility index (Phi) is 6.44. The molecule has 1 heterocycles. The molecule has 0 radical (unpaired) electrons. The van der Waals surface area contributed by atoms with Gasteiger partial charge in [0.05, 0.1) is 0 Å². The van der Waals surface area contributed by atoms with Gasteiger partial charge < -0.3 is 21.3 Å². The van der Waals surface area contributed by atoms with E-state index >= 15 is 0 Å². The second-order valence-electron chi connectivity index (χ2n) is 5.95. The van der Waals surface area contributed by atoms with Crippen molar-refractivity contribution in [2.75, 3.05) is 37.5 Å². The van der Waals surface area contributed by atoms with Crippen LogP contribution >= 0.6 is 11.8 Å². The molecule has 0 aromatic heterocycles. The van der Waals surface area contributed by atoms with Crippen molar-refractivity contribution in [2.24, 2.45) is 5.73 Å². The molecule has 7 heteroatoms. The van der Waals surface area contributed by atoms with Crippen molar-refractivity contribution in [3.63, 3.8) is 0 Å². The second-order valence-corrected chi connectivity index (χ2v) is 7.10. The summed E-state index contributed by atoms with van der Waals surface area (Å²) in [5, 5.41) is 6.28.